The molecule has 0 saturated heterocycles. The van der Waals surface area contributed by atoms with Gasteiger partial charge in [-0.05, 0) is 41.5 Å². The third kappa shape index (κ3) is 8.36. The van der Waals surface area contributed by atoms with Crippen LogP contribution in [0.25, 0.3) is 0 Å². The number of nitrogens with one attached hydrogen (secondary N) is 2. The number of aliphatic imine (C=N–C) groups is 1. The molecular weight excluding hydrogens is 398 g/mol. The minimum Gasteiger partial charge on any atom is -0.444 e. The van der Waals surface area contributed by atoms with Gasteiger partial charge in [-0.25, -0.2) is 32.1 Å². The van der Waals surface area contributed by atoms with Crippen molar-refractivity contribution in [2.24, 2.45) is 4.99 Å². The van der Waals surface area contributed by atoms with Gasteiger partial charge in [0.1, 0.15) is 11.2 Å². The topological polar surface area (TPSA) is 89.0 Å². The molecule has 2 amide bonds. The summed E-state index contributed by atoms with van der Waals surface area (Å²) in [5.41, 5.74) is -2.83. The first-order valence-electron chi connectivity index (χ1n) is 8.45. The highest BCUT2D eigenvalue weighted by Crippen LogP contribution is 2.20. The Hall–Kier alpha value is -2.85. The lowest BCUT2D eigenvalue weighted by Gasteiger charge is -2.22. The summed E-state index contributed by atoms with van der Waals surface area (Å²) in [6, 6.07) is 0.0523. The number of ether oxygens (including phenoxy) is 2. The molecule has 0 saturated carbocycles. The van der Waals surface area contributed by atoms with Gasteiger partial charge in [-0.2, -0.15) is 0 Å². The monoisotopic (exact) mass is 421 g/mol. The molecule has 7 nitrogen and oxygen atoms in total. The van der Waals surface area contributed by atoms with Crippen LogP contribution in [0.2, 0.25) is 0 Å². The number of carbonyl (C=O) groups is 2. The molecule has 0 bridgehead atoms. The van der Waals surface area contributed by atoms with E-state index in [-0.39, 0.29) is 6.07 Å². The van der Waals surface area contributed by atoms with Crippen LogP contribution >= 0.6 is 0 Å². The van der Waals surface area contributed by atoms with Gasteiger partial charge in [-0.3, -0.25) is 10.6 Å². The Labute approximate surface area is 165 Å². The summed E-state index contributed by atoms with van der Waals surface area (Å²) < 4.78 is 64.2. The molecular formula is C18H23F4N3O4. The van der Waals surface area contributed by atoms with Crippen molar-refractivity contribution in [3.63, 3.8) is 0 Å². The van der Waals surface area contributed by atoms with E-state index in [1.165, 1.54) is 0 Å². The Bertz CT molecular complexity index is 757. The number of guanidine groups is 1. The standard InChI is InChI=1S/C18H23F4N3O4/c1-17(2,3)28-15(26)24-14(25-16(27)29-18(4,5)6)23-8-9-12(21)10(19)7-11(20)13(9)22/h7H,8H2,1-6H3,(H2,23,24,25,26,27). The first-order valence-corrected chi connectivity index (χ1v) is 8.45. The van der Waals surface area contributed by atoms with E-state index in [1.54, 1.807) is 41.5 Å². The van der Waals surface area contributed by atoms with Gasteiger partial charge in [0.15, 0.2) is 23.3 Å². The molecule has 0 heterocycles. The van der Waals surface area contributed by atoms with Crippen molar-refractivity contribution in [3.05, 3.63) is 34.9 Å². The van der Waals surface area contributed by atoms with Crippen LogP contribution in [-0.4, -0.2) is 29.3 Å². The molecule has 0 aliphatic heterocycles. The predicted molar refractivity (Wildman–Crippen MR) is 96.2 cm³/mol. The molecule has 0 aromatic heterocycles. The summed E-state index contributed by atoms with van der Waals surface area (Å²) in [5, 5.41) is 4.15. The molecule has 0 radical (unpaired) electrons. The number of hydrogen-bond donors (Lipinski definition) is 2. The molecule has 0 spiro atoms. The minimum absolute atomic E-state index is 0.0523. The normalized spacial score (nSPS) is 11.5. The van der Waals surface area contributed by atoms with Crippen LogP contribution in [0.1, 0.15) is 47.1 Å². The molecule has 11 heteroatoms. The second kappa shape index (κ2) is 9.10. The second-order valence-electron chi connectivity index (χ2n) is 7.87. The number of nitrogens with zero attached hydrogens (tertiary/aromatic N) is 1. The van der Waals surface area contributed by atoms with E-state index in [0.29, 0.717) is 0 Å². The van der Waals surface area contributed by atoms with E-state index in [2.05, 4.69) is 15.6 Å². The average molecular weight is 421 g/mol. The summed E-state index contributed by atoms with van der Waals surface area (Å²) in [5.74, 6) is -7.13. The van der Waals surface area contributed by atoms with E-state index in [4.69, 9.17) is 9.47 Å². The van der Waals surface area contributed by atoms with Crippen molar-refractivity contribution in [2.45, 2.75) is 59.3 Å². The highest BCUT2D eigenvalue weighted by atomic mass is 19.2. The number of carbonyl (C=O) groups excluding carboxylic acids is 2. The third-order valence-electron chi connectivity index (χ3n) is 2.84. The molecule has 0 aliphatic rings. The maximum absolute atomic E-state index is 13.8. The van der Waals surface area contributed by atoms with E-state index in [1.807, 2.05) is 0 Å². The lowest BCUT2D eigenvalue weighted by Crippen LogP contribution is -2.47. The van der Waals surface area contributed by atoms with E-state index in [9.17, 15) is 27.2 Å². The number of hydrogen-bond acceptors (Lipinski definition) is 5. The first kappa shape index (κ1) is 24.2. The summed E-state index contributed by atoms with van der Waals surface area (Å²) >= 11 is 0. The van der Waals surface area contributed by atoms with Crippen LogP contribution in [0.3, 0.4) is 0 Å². The smallest absolute Gasteiger partial charge is 0.414 e. The quantitative estimate of drug-likeness (QED) is 0.325. The Morgan fingerprint density at radius 1 is 0.862 bits per heavy atom. The van der Waals surface area contributed by atoms with Crippen LogP contribution in [-0.2, 0) is 16.0 Å². The largest absolute Gasteiger partial charge is 0.444 e. The zero-order valence-corrected chi connectivity index (χ0v) is 16.9. The zero-order valence-electron chi connectivity index (χ0n) is 16.9. The lowest BCUT2D eigenvalue weighted by atomic mass is 10.2. The molecule has 0 fully saturated rings. The Morgan fingerprint density at radius 3 is 1.59 bits per heavy atom. The van der Waals surface area contributed by atoms with E-state index in [0.717, 1.165) is 0 Å². The molecule has 1 aromatic carbocycles. The van der Waals surface area contributed by atoms with Gasteiger partial charge >= 0.3 is 12.2 Å². The van der Waals surface area contributed by atoms with Crippen molar-refractivity contribution in [2.75, 3.05) is 0 Å². The van der Waals surface area contributed by atoms with Crippen LogP contribution in [0.15, 0.2) is 11.1 Å². The predicted octanol–water partition coefficient (Wildman–Crippen LogP) is 4.15. The van der Waals surface area contributed by atoms with Gasteiger partial charge in [-0.1, -0.05) is 0 Å². The van der Waals surface area contributed by atoms with Crippen molar-refractivity contribution < 1.29 is 36.6 Å². The molecule has 2 N–H and O–H groups in total. The number of rotatable bonds is 2. The van der Waals surface area contributed by atoms with Crippen molar-refractivity contribution in [3.8, 4) is 0 Å². The highest BCUT2D eigenvalue weighted by Gasteiger charge is 2.23. The van der Waals surface area contributed by atoms with Crippen molar-refractivity contribution >= 4 is 18.1 Å². The number of alkyl carbamates (subject to hydrolysis) is 2. The van der Waals surface area contributed by atoms with Crippen molar-refractivity contribution in [1.82, 2.24) is 10.6 Å². The fraction of sp³-hybridized carbons (Fsp3) is 0.500. The molecule has 29 heavy (non-hydrogen) atoms. The molecule has 1 rings (SSSR count). The lowest BCUT2D eigenvalue weighted by molar-refractivity contribution is 0.0545. The molecule has 0 aliphatic carbocycles. The van der Waals surface area contributed by atoms with Gasteiger partial charge in [0.25, 0.3) is 0 Å². The first-order chi connectivity index (χ1) is 13.1. The van der Waals surface area contributed by atoms with Crippen molar-refractivity contribution in [1.29, 1.82) is 0 Å². The zero-order chi connectivity index (χ0) is 22.6. The SMILES string of the molecule is CC(C)(C)OC(=O)NC(=NCc1c(F)c(F)cc(F)c1F)NC(=O)OC(C)(C)C. The van der Waals surface area contributed by atoms with Crippen LogP contribution in [0, 0.1) is 23.3 Å². The van der Waals surface area contributed by atoms with Gasteiger partial charge in [0, 0.05) is 6.07 Å². The average Bonchev–Trinajstić information content (AvgIpc) is 2.49. The van der Waals surface area contributed by atoms with E-state index < -0.39 is 64.7 Å². The van der Waals surface area contributed by atoms with Crippen LogP contribution in [0.4, 0.5) is 27.2 Å². The van der Waals surface area contributed by atoms with Crippen LogP contribution in [0.5, 0.6) is 0 Å². The molecule has 0 atom stereocenters. The van der Waals surface area contributed by atoms with Crippen LogP contribution < -0.4 is 10.6 Å². The molecule has 1 aromatic rings. The van der Waals surface area contributed by atoms with Gasteiger partial charge in [-0.15, -0.1) is 0 Å². The second-order valence-corrected chi connectivity index (χ2v) is 7.87. The minimum atomic E-state index is -1.65. The fourth-order valence-electron chi connectivity index (χ4n) is 1.83. The number of amides is 2. The van der Waals surface area contributed by atoms with Gasteiger partial charge in [0.05, 0.1) is 12.1 Å². The summed E-state index contributed by atoms with van der Waals surface area (Å²) in [6.45, 7) is 8.51. The van der Waals surface area contributed by atoms with Gasteiger partial charge in [0.2, 0.25) is 5.96 Å². The Balaban J connectivity index is 3.13. The van der Waals surface area contributed by atoms with Gasteiger partial charge < -0.3 is 9.47 Å². The summed E-state index contributed by atoms with van der Waals surface area (Å²) in [4.78, 5) is 27.4. The fourth-order valence-corrected chi connectivity index (χ4v) is 1.83. The Morgan fingerprint density at radius 2 is 1.24 bits per heavy atom. The maximum Gasteiger partial charge on any atom is 0.414 e. The third-order valence-corrected chi connectivity index (χ3v) is 2.84. The number of halogens is 4. The molecule has 0 unspecified atom stereocenters. The molecule has 162 valence electrons. The maximum atomic E-state index is 13.8. The highest BCUT2D eigenvalue weighted by molar-refractivity contribution is 6.01. The number of benzene rings is 1. The van der Waals surface area contributed by atoms with E-state index >= 15 is 0 Å². The summed E-state index contributed by atoms with van der Waals surface area (Å²) in [7, 11) is 0. The summed E-state index contributed by atoms with van der Waals surface area (Å²) in [6.07, 6.45) is -2.09. The Kier molecular flexibility index (Phi) is 7.59.